The Kier molecular flexibility index (Phi) is 8.52. The van der Waals surface area contributed by atoms with Crippen molar-refractivity contribution in [3.8, 4) is 0 Å². The number of hydrogen-bond acceptors (Lipinski definition) is 5. The molecule has 0 aliphatic heterocycles. The van der Waals surface area contributed by atoms with Crippen molar-refractivity contribution in [3.63, 3.8) is 0 Å². The zero-order chi connectivity index (χ0) is 14.9. The number of sulfonamides is 1. The summed E-state index contributed by atoms with van der Waals surface area (Å²) in [5, 5.41) is 18.4. The smallest absolute Gasteiger partial charge is 0.326 e. The summed E-state index contributed by atoms with van der Waals surface area (Å²) in [5.41, 5.74) is 0. The lowest BCUT2D eigenvalue weighted by Gasteiger charge is -2.14. The van der Waals surface area contributed by atoms with Gasteiger partial charge in [0.25, 0.3) is 0 Å². The van der Waals surface area contributed by atoms with Crippen molar-refractivity contribution in [1.82, 2.24) is 10.6 Å². The van der Waals surface area contributed by atoms with Crippen molar-refractivity contribution < 1.29 is 23.1 Å². The van der Waals surface area contributed by atoms with Gasteiger partial charge in [0, 0.05) is 6.54 Å². The van der Waals surface area contributed by atoms with Crippen molar-refractivity contribution >= 4 is 33.8 Å². The Morgan fingerprint density at radius 3 is 2.53 bits per heavy atom. The minimum atomic E-state index is -3.54. The first-order valence-electron chi connectivity index (χ1n) is 5.53. The molecule has 0 aliphatic rings. The average molecular weight is 313 g/mol. The molecule has 112 valence electrons. The SMILES string of the molecule is CSCC[C@H](NC(=O)NCCCS(N)(=O)=O)C(=O)O. The van der Waals surface area contributed by atoms with E-state index in [0.29, 0.717) is 12.2 Å². The third kappa shape index (κ3) is 10.6. The summed E-state index contributed by atoms with van der Waals surface area (Å²) in [5.74, 6) is -0.723. The summed E-state index contributed by atoms with van der Waals surface area (Å²) in [4.78, 5) is 22.2. The summed E-state index contributed by atoms with van der Waals surface area (Å²) in [7, 11) is -3.54. The normalized spacial score (nSPS) is 12.7. The van der Waals surface area contributed by atoms with Crippen LogP contribution < -0.4 is 15.8 Å². The number of urea groups is 1. The first-order valence-corrected chi connectivity index (χ1v) is 8.63. The van der Waals surface area contributed by atoms with E-state index in [-0.39, 0.29) is 18.7 Å². The van der Waals surface area contributed by atoms with Gasteiger partial charge >= 0.3 is 12.0 Å². The molecular weight excluding hydrogens is 294 g/mol. The first kappa shape index (κ1) is 18.0. The second-order valence-corrected chi connectivity index (χ2v) is 6.51. The Morgan fingerprint density at radius 1 is 1.42 bits per heavy atom. The highest BCUT2D eigenvalue weighted by molar-refractivity contribution is 7.98. The van der Waals surface area contributed by atoms with E-state index in [4.69, 9.17) is 10.2 Å². The van der Waals surface area contributed by atoms with Gasteiger partial charge in [0.1, 0.15) is 6.04 Å². The second-order valence-electron chi connectivity index (χ2n) is 3.79. The van der Waals surface area contributed by atoms with E-state index in [9.17, 15) is 18.0 Å². The summed E-state index contributed by atoms with van der Waals surface area (Å²) < 4.78 is 21.3. The number of carboxylic acids is 1. The highest BCUT2D eigenvalue weighted by atomic mass is 32.2. The number of primary sulfonamides is 1. The van der Waals surface area contributed by atoms with E-state index in [1.807, 2.05) is 6.26 Å². The number of carbonyl (C=O) groups is 2. The molecule has 0 saturated heterocycles. The molecule has 0 rings (SSSR count). The Balaban J connectivity index is 3.96. The van der Waals surface area contributed by atoms with E-state index in [1.54, 1.807) is 0 Å². The van der Waals surface area contributed by atoms with Gasteiger partial charge in [0.2, 0.25) is 10.0 Å². The van der Waals surface area contributed by atoms with Gasteiger partial charge in [-0.1, -0.05) is 0 Å². The molecule has 0 unspecified atom stereocenters. The first-order chi connectivity index (χ1) is 8.76. The van der Waals surface area contributed by atoms with Gasteiger partial charge in [0.15, 0.2) is 0 Å². The Bertz CT molecular complexity index is 399. The van der Waals surface area contributed by atoms with Crippen molar-refractivity contribution in [2.45, 2.75) is 18.9 Å². The lowest BCUT2D eigenvalue weighted by Crippen LogP contribution is -2.46. The Morgan fingerprint density at radius 2 is 2.05 bits per heavy atom. The Labute approximate surface area is 116 Å². The van der Waals surface area contributed by atoms with Crippen LogP contribution in [-0.2, 0) is 14.8 Å². The van der Waals surface area contributed by atoms with Crippen LogP contribution in [-0.4, -0.2) is 55.9 Å². The van der Waals surface area contributed by atoms with Gasteiger partial charge in [-0.15, -0.1) is 0 Å². The van der Waals surface area contributed by atoms with Gasteiger partial charge in [-0.3, -0.25) is 0 Å². The van der Waals surface area contributed by atoms with Crippen LogP contribution >= 0.6 is 11.8 Å². The van der Waals surface area contributed by atoms with Crippen LogP contribution in [0.25, 0.3) is 0 Å². The molecule has 0 radical (unpaired) electrons. The average Bonchev–Trinajstić information content (AvgIpc) is 2.28. The lowest BCUT2D eigenvalue weighted by molar-refractivity contribution is -0.139. The molecule has 0 bridgehead atoms. The monoisotopic (exact) mass is 313 g/mol. The van der Waals surface area contributed by atoms with Crippen molar-refractivity contribution in [3.05, 3.63) is 0 Å². The third-order valence-electron chi connectivity index (χ3n) is 2.11. The number of hydrogen-bond donors (Lipinski definition) is 4. The fourth-order valence-electron chi connectivity index (χ4n) is 1.18. The van der Waals surface area contributed by atoms with Crippen LogP contribution in [0.3, 0.4) is 0 Å². The number of carbonyl (C=O) groups excluding carboxylic acids is 1. The zero-order valence-corrected chi connectivity index (χ0v) is 12.2. The number of nitrogens with one attached hydrogen (secondary N) is 2. The lowest BCUT2D eigenvalue weighted by atomic mass is 10.2. The van der Waals surface area contributed by atoms with Crippen molar-refractivity contribution in [2.75, 3.05) is 24.3 Å². The third-order valence-corrected chi connectivity index (χ3v) is 3.61. The second kappa shape index (κ2) is 8.99. The maximum Gasteiger partial charge on any atom is 0.326 e. The number of nitrogens with two attached hydrogens (primary N) is 1. The molecule has 0 aromatic rings. The number of rotatable bonds is 9. The van der Waals surface area contributed by atoms with Gasteiger partial charge in [-0.25, -0.2) is 23.1 Å². The molecule has 2 amide bonds. The number of thioether (sulfide) groups is 1. The molecule has 0 aliphatic carbocycles. The molecule has 1 atom stereocenters. The summed E-state index contributed by atoms with van der Waals surface area (Å²) in [6.45, 7) is 0.108. The summed E-state index contributed by atoms with van der Waals surface area (Å²) in [6.07, 6.45) is 2.34. The minimum Gasteiger partial charge on any atom is -0.480 e. The van der Waals surface area contributed by atoms with Crippen LogP contribution in [0.1, 0.15) is 12.8 Å². The predicted octanol–water partition coefficient (Wildman–Crippen LogP) is -0.829. The number of aliphatic carboxylic acids is 1. The molecule has 0 spiro atoms. The summed E-state index contributed by atoms with van der Waals surface area (Å²) >= 11 is 1.48. The van der Waals surface area contributed by atoms with E-state index < -0.39 is 28.1 Å². The largest absolute Gasteiger partial charge is 0.480 e. The van der Waals surface area contributed by atoms with Crippen LogP contribution in [0.4, 0.5) is 4.79 Å². The fourth-order valence-corrected chi connectivity index (χ4v) is 2.20. The number of amides is 2. The van der Waals surface area contributed by atoms with Crippen LogP contribution in [0.2, 0.25) is 0 Å². The molecule has 19 heavy (non-hydrogen) atoms. The van der Waals surface area contributed by atoms with E-state index >= 15 is 0 Å². The van der Waals surface area contributed by atoms with Crippen LogP contribution in [0.5, 0.6) is 0 Å². The zero-order valence-electron chi connectivity index (χ0n) is 10.6. The molecular formula is C9H19N3O5S2. The van der Waals surface area contributed by atoms with Gasteiger partial charge < -0.3 is 15.7 Å². The van der Waals surface area contributed by atoms with Crippen LogP contribution in [0.15, 0.2) is 0 Å². The highest BCUT2D eigenvalue weighted by Crippen LogP contribution is 2.00. The molecule has 8 nitrogen and oxygen atoms in total. The van der Waals surface area contributed by atoms with Crippen molar-refractivity contribution in [1.29, 1.82) is 0 Å². The molecule has 0 heterocycles. The van der Waals surface area contributed by atoms with E-state index in [2.05, 4.69) is 10.6 Å². The molecule has 10 heteroatoms. The highest BCUT2D eigenvalue weighted by Gasteiger charge is 2.18. The van der Waals surface area contributed by atoms with Crippen LogP contribution in [0, 0.1) is 0 Å². The number of carboxylic acid groups (broad SMARTS) is 1. The Hall–Kier alpha value is -1.00. The van der Waals surface area contributed by atoms with E-state index in [0.717, 1.165) is 0 Å². The fraction of sp³-hybridized carbons (Fsp3) is 0.778. The standard InChI is InChI=1S/C9H19N3O5S2/c1-18-5-3-7(8(13)14)12-9(15)11-4-2-6-19(10,16)17/h7H,2-6H2,1H3,(H,13,14)(H2,10,16,17)(H2,11,12,15)/t7-/m0/s1. The van der Waals surface area contributed by atoms with Crippen molar-refractivity contribution in [2.24, 2.45) is 5.14 Å². The predicted molar refractivity (Wildman–Crippen MR) is 73.5 cm³/mol. The van der Waals surface area contributed by atoms with Gasteiger partial charge in [-0.2, -0.15) is 11.8 Å². The maximum atomic E-state index is 11.4. The molecule has 0 aromatic heterocycles. The molecule has 0 aromatic carbocycles. The molecule has 5 N–H and O–H groups in total. The van der Waals surface area contributed by atoms with E-state index in [1.165, 1.54) is 11.8 Å². The minimum absolute atomic E-state index is 0.108. The quantitative estimate of drug-likeness (QED) is 0.410. The topological polar surface area (TPSA) is 139 Å². The maximum absolute atomic E-state index is 11.4. The molecule has 0 fully saturated rings. The summed E-state index contributed by atoms with van der Waals surface area (Å²) in [6, 6.07) is -1.59. The van der Waals surface area contributed by atoms with Gasteiger partial charge in [0.05, 0.1) is 5.75 Å². The van der Waals surface area contributed by atoms with Gasteiger partial charge in [-0.05, 0) is 24.9 Å². The molecule has 0 saturated carbocycles.